The van der Waals surface area contributed by atoms with Crippen molar-refractivity contribution in [1.82, 2.24) is 0 Å². The number of fused-ring (bicyclic) bond motifs is 2. The molecule has 3 nitrogen and oxygen atoms in total. The average Bonchev–Trinajstić information content (AvgIpc) is 2.46. The van der Waals surface area contributed by atoms with Gasteiger partial charge in [-0.05, 0) is 47.7 Å². The molecule has 1 amide bonds. The van der Waals surface area contributed by atoms with Gasteiger partial charge in [0.1, 0.15) is 0 Å². The maximum absolute atomic E-state index is 12.3. The van der Waals surface area contributed by atoms with Gasteiger partial charge in [0.15, 0.2) is 0 Å². The lowest BCUT2D eigenvalue weighted by Crippen LogP contribution is -2.40. The van der Waals surface area contributed by atoms with Crippen LogP contribution in [0.1, 0.15) is 29.0 Å². The number of benzene rings is 2. The second kappa shape index (κ2) is 4.62. The normalized spacial score (nSPS) is 19.7. The molecule has 0 saturated heterocycles. The summed E-state index contributed by atoms with van der Waals surface area (Å²) in [6, 6.07) is 14.4. The lowest BCUT2D eigenvalue weighted by Gasteiger charge is -2.37. The standard InChI is InChI=1S/C18H18N2O/c19-15-6-7-17-13(10-15)5-8-18(21)20(17)11-14-9-12-3-1-2-4-16(12)14/h1-4,6-7,10,14H,5,8-9,11,19H2. The monoisotopic (exact) mass is 278 g/mol. The first-order valence-electron chi connectivity index (χ1n) is 7.49. The molecule has 2 aliphatic rings. The van der Waals surface area contributed by atoms with E-state index in [1.54, 1.807) is 0 Å². The Morgan fingerprint density at radius 2 is 1.95 bits per heavy atom. The number of nitrogen functional groups attached to an aromatic ring is 1. The Morgan fingerprint density at radius 3 is 2.81 bits per heavy atom. The van der Waals surface area contributed by atoms with Gasteiger partial charge in [0.05, 0.1) is 0 Å². The van der Waals surface area contributed by atoms with Gasteiger partial charge in [-0.25, -0.2) is 0 Å². The van der Waals surface area contributed by atoms with Crippen molar-refractivity contribution >= 4 is 17.3 Å². The fourth-order valence-electron chi connectivity index (χ4n) is 3.53. The van der Waals surface area contributed by atoms with Gasteiger partial charge < -0.3 is 10.6 Å². The second-order valence-corrected chi connectivity index (χ2v) is 5.99. The lowest BCUT2D eigenvalue weighted by atomic mass is 9.77. The number of amides is 1. The molecule has 1 aliphatic carbocycles. The summed E-state index contributed by atoms with van der Waals surface area (Å²) in [6.45, 7) is 0.784. The number of nitrogens with zero attached hydrogens (tertiary/aromatic N) is 1. The van der Waals surface area contributed by atoms with Gasteiger partial charge in [0.2, 0.25) is 5.91 Å². The quantitative estimate of drug-likeness (QED) is 0.859. The molecule has 4 rings (SSSR count). The molecule has 0 radical (unpaired) electrons. The van der Waals surface area contributed by atoms with Crippen molar-refractivity contribution in [2.24, 2.45) is 0 Å². The van der Waals surface area contributed by atoms with E-state index in [-0.39, 0.29) is 5.91 Å². The summed E-state index contributed by atoms with van der Waals surface area (Å²) in [6.07, 6.45) is 2.46. The third-order valence-corrected chi connectivity index (χ3v) is 4.67. The highest BCUT2D eigenvalue weighted by Crippen LogP contribution is 2.38. The maximum atomic E-state index is 12.3. The van der Waals surface area contributed by atoms with Crippen LogP contribution in [-0.2, 0) is 17.6 Å². The van der Waals surface area contributed by atoms with Crippen LogP contribution in [-0.4, -0.2) is 12.5 Å². The van der Waals surface area contributed by atoms with Crippen molar-refractivity contribution in [2.75, 3.05) is 17.2 Å². The molecule has 1 unspecified atom stereocenters. The van der Waals surface area contributed by atoms with Crippen molar-refractivity contribution in [1.29, 1.82) is 0 Å². The fourth-order valence-corrected chi connectivity index (χ4v) is 3.53. The van der Waals surface area contributed by atoms with Crippen LogP contribution in [0.5, 0.6) is 0 Å². The number of hydrogen-bond donors (Lipinski definition) is 1. The molecule has 2 N–H and O–H groups in total. The number of hydrogen-bond acceptors (Lipinski definition) is 2. The van der Waals surface area contributed by atoms with E-state index in [1.165, 1.54) is 16.7 Å². The molecular weight excluding hydrogens is 260 g/mol. The third-order valence-electron chi connectivity index (χ3n) is 4.67. The van der Waals surface area contributed by atoms with E-state index in [9.17, 15) is 4.79 Å². The van der Waals surface area contributed by atoms with Crippen LogP contribution in [0.25, 0.3) is 0 Å². The molecule has 0 saturated carbocycles. The van der Waals surface area contributed by atoms with E-state index in [4.69, 9.17) is 5.73 Å². The van der Waals surface area contributed by atoms with Gasteiger partial charge in [-0.1, -0.05) is 24.3 Å². The summed E-state index contributed by atoms with van der Waals surface area (Å²) in [4.78, 5) is 14.3. The first-order chi connectivity index (χ1) is 10.2. The van der Waals surface area contributed by atoms with E-state index >= 15 is 0 Å². The highest BCUT2D eigenvalue weighted by molar-refractivity contribution is 5.96. The maximum Gasteiger partial charge on any atom is 0.227 e. The smallest absolute Gasteiger partial charge is 0.227 e. The minimum absolute atomic E-state index is 0.233. The Bertz CT molecular complexity index is 723. The number of nitrogens with two attached hydrogens (primary N) is 1. The van der Waals surface area contributed by atoms with Crippen molar-refractivity contribution in [3.63, 3.8) is 0 Å². The van der Waals surface area contributed by atoms with Crippen LogP contribution >= 0.6 is 0 Å². The van der Waals surface area contributed by atoms with Crippen molar-refractivity contribution in [3.05, 3.63) is 59.2 Å². The Hall–Kier alpha value is -2.29. The predicted molar refractivity (Wildman–Crippen MR) is 84.4 cm³/mol. The molecule has 21 heavy (non-hydrogen) atoms. The summed E-state index contributed by atoms with van der Waals surface area (Å²) in [5.74, 6) is 0.699. The summed E-state index contributed by atoms with van der Waals surface area (Å²) in [5, 5.41) is 0. The molecule has 1 heterocycles. The summed E-state index contributed by atoms with van der Waals surface area (Å²) in [7, 11) is 0. The molecule has 0 fully saturated rings. The minimum Gasteiger partial charge on any atom is -0.399 e. The Labute approximate surface area is 124 Å². The molecule has 1 aliphatic heterocycles. The van der Waals surface area contributed by atoms with E-state index in [0.717, 1.165) is 30.8 Å². The highest BCUT2D eigenvalue weighted by Gasteiger charge is 2.32. The van der Waals surface area contributed by atoms with E-state index < -0.39 is 0 Å². The van der Waals surface area contributed by atoms with Gasteiger partial charge in [-0.15, -0.1) is 0 Å². The molecule has 2 aromatic rings. The first kappa shape index (κ1) is 12.5. The zero-order valence-electron chi connectivity index (χ0n) is 11.9. The second-order valence-electron chi connectivity index (χ2n) is 5.99. The number of rotatable bonds is 2. The van der Waals surface area contributed by atoms with Gasteiger partial charge in [-0.3, -0.25) is 4.79 Å². The molecule has 3 heteroatoms. The predicted octanol–water partition coefficient (Wildman–Crippen LogP) is 2.89. The summed E-state index contributed by atoms with van der Waals surface area (Å²) in [5.41, 5.74) is 11.7. The zero-order valence-corrected chi connectivity index (χ0v) is 11.9. The number of anilines is 2. The topological polar surface area (TPSA) is 46.3 Å². The average molecular weight is 278 g/mol. The van der Waals surface area contributed by atoms with Crippen molar-refractivity contribution in [3.8, 4) is 0 Å². The van der Waals surface area contributed by atoms with Crippen LogP contribution < -0.4 is 10.6 Å². The van der Waals surface area contributed by atoms with Crippen LogP contribution in [0.3, 0.4) is 0 Å². The largest absolute Gasteiger partial charge is 0.399 e. The van der Waals surface area contributed by atoms with Crippen LogP contribution in [0.2, 0.25) is 0 Å². The summed E-state index contributed by atoms with van der Waals surface area (Å²) >= 11 is 0. The van der Waals surface area contributed by atoms with Crippen LogP contribution in [0.4, 0.5) is 11.4 Å². The van der Waals surface area contributed by atoms with Gasteiger partial charge >= 0.3 is 0 Å². The SMILES string of the molecule is Nc1ccc2c(c1)CCC(=O)N2CC1Cc2ccccc21. The molecule has 0 spiro atoms. The first-order valence-corrected chi connectivity index (χ1v) is 7.49. The molecule has 0 bridgehead atoms. The number of carbonyl (C=O) groups is 1. The van der Waals surface area contributed by atoms with Crippen molar-refractivity contribution < 1.29 is 4.79 Å². The zero-order chi connectivity index (χ0) is 14.4. The Kier molecular flexibility index (Phi) is 2.74. The van der Waals surface area contributed by atoms with E-state index in [1.807, 2.05) is 23.1 Å². The Balaban J connectivity index is 1.63. The van der Waals surface area contributed by atoms with Crippen LogP contribution in [0.15, 0.2) is 42.5 Å². The van der Waals surface area contributed by atoms with Crippen molar-refractivity contribution in [2.45, 2.75) is 25.2 Å². The van der Waals surface area contributed by atoms with Gasteiger partial charge in [-0.2, -0.15) is 0 Å². The number of aryl methyl sites for hydroxylation is 1. The van der Waals surface area contributed by atoms with E-state index in [2.05, 4.69) is 24.3 Å². The summed E-state index contributed by atoms with van der Waals surface area (Å²) < 4.78 is 0. The fraction of sp³-hybridized carbons (Fsp3) is 0.278. The minimum atomic E-state index is 0.233. The van der Waals surface area contributed by atoms with E-state index in [0.29, 0.717) is 12.3 Å². The molecule has 106 valence electrons. The Morgan fingerprint density at radius 1 is 1.10 bits per heavy atom. The number of carbonyl (C=O) groups excluding carboxylic acids is 1. The lowest BCUT2D eigenvalue weighted by molar-refractivity contribution is -0.119. The van der Waals surface area contributed by atoms with Crippen LogP contribution in [0, 0.1) is 0 Å². The third kappa shape index (κ3) is 2.00. The highest BCUT2D eigenvalue weighted by atomic mass is 16.2. The molecule has 2 aromatic carbocycles. The molecule has 1 atom stereocenters. The van der Waals surface area contributed by atoms with Gasteiger partial charge in [0, 0.05) is 30.3 Å². The van der Waals surface area contributed by atoms with Gasteiger partial charge in [0.25, 0.3) is 0 Å². The molecular formula is C18H18N2O. The molecule has 0 aromatic heterocycles.